The SMILES string of the molecule is CN(Cc1ccc(N2CCOCC2)cc1)Cc1cc(Cl)c2c(c1)OCCO2. The molecular formula is C21H25ClN2O3. The zero-order valence-electron chi connectivity index (χ0n) is 15.6. The highest BCUT2D eigenvalue weighted by Gasteiger charge is 2.17. The lowest BCUT2D eigenvalue weighted by atomic mass is 10.1. The fourth-order valence-corrected chi connectivity index (χ4v) is 3.86. The summed E-state index contributed by atoms with van der Waals surface area (Å²) < 4.78 is 16.7. The highest BCUT2D eigenvalue weighted by Crippen LogP contribution is 2.38. The van der Waals surface area contributed by atoms with Crippen molar-refractivity contribution in [3.05, 3.63) is 52.5 Å². The molecule has 0 aliphatic carbocycles. The van der Waals surface area contributed by atoms with E-state index in [0.29, 0.717) is 24.0 Å². The van der Waals surface area contributed by atoms with E-state index in [1.54, 1.807) is 0 Å². The molecule has 0 spiro atoms. The molecule has 27 heavy (non-hydrogen) atoms. The number of anilines is 1. The molecule has 2 heterocycles. The number of hydrogen-bond acceptors (Lipinski definition) is 5. The first-order valence-electron chi connectivity index (χ1n) is 9.37. The molecule has 4 rings (SSSR count). The zero-order valence-corrected chi connectivity index (χ0v) is 16.4. The van der Waals surface area contributed by atoms with Crippen LogP contribution in [0.2, 0.25) is 5.02 Å². The van der Waals surface area contributed by atoms with Crippen molar-refractivity contribution in [2.45, 2.75) is 13.1 Å². The summed E-state index contributed by atoms with van der Waals surface area (Å²) in [7, 11) is 2.11. The third-order valence-electron chi connectivity index (χ3n) is 4.87. The van der Waals surface area contributed by atoms with Gasteiger partial charge in [-0.05, 0) is 42.4 Å². The Kier molecular flexibility index (Phi) is 5.72. The molecule has 6 heteroatoms. The second-order valence-electron chi connectivity index (χ2n) is 7.04. The summed E-state index contributed by atoms with van der Waals surface area (Å²) in [6, 6.07) is 12.8. The van der Waals surface area contributed by atoms with Crippen LogP contribution in [0.3, 0.4) is 0 Å². The van der Waals surface area contributed by atoms with Crippen LogP contribution >= 0.6 is 11.6 Å². The van der Waals surface area contributed by atoms with E-state index >= 15 is 0 Å². The van der Waals surface area contributed by atoms with E-state index in [2.05, 4.69) is 41.1 Å². The zero-order chi connectivity index (χ0) is 18.6. The van der Waals surface area contributed by atoms with E-state index in [9.17, 15) is 0 Å². The average molecular weight is 389 g/mol. The number of nitrogens with zero attached hydrogens (tertiary/aromatic N) is 2. The maximum absolute atomic E-state index is 6.35. The van der Waals surface area contributed by atoms with Gasteiger partial charge in [-0.1, -0.05) is 23.7 Å². The van der Waals surface area contributed by atoms with Gasteiger partial charge in [-0.3, -0.25) is 4.90 Å². The minimum Gasteiger partial charge on any atom is -0.486 e. The molecule has 0 N–H and O–H groups in total. The number of halogens is 1. The summed E-state index contributed by atoms with van der Waals surface area (Å²) in [5, 5.41) is 0.616. The normalized spacial score (nSPS) is 16.6. The second-order valence-corrected chi connectivity index (χ2v) is 7.45. The number of fused-ring (bicyclic) bond motifs is 1. The van der Waals surface area contributed by atoms with E-state index in [4.69, 9.17) is 25.8 Å². The molecule has 2 aromatic rings. The van der Waals surface area contributed by atoms with Gasteiger partial charge < -0.3 is 19.1 Å². The van der Waals surface area contributed by atoms with Gasteiger partial charge in [0.05, 0.1) is 18.2 Å². The lowest BCUT2D eigenvalue weighted by Gasteiger charge is -2.29. The second kappa shape index (κ2) is 8.38. The van der Waals surface area contributed by atoms with Crippen LogP contribution in [0.1, 0.15) is 11.1 Å². The summed E-state index contributed by atoms with van der Waals surface area (Å²) in [5.41, 5.74) is 3.68. The molecule has 2 aromatic carbocycles. The number of morpholine rings is 1. The maximum atomic E-state index is 6.35. The molecule has 144 valence electrons. The molecule has 1 fully saturated rings. The minimum atomic E-state index is 0.548. The third kappa shape index (κ3) is 4.49. The molecule has 0 aromatic heterocycles. The molecule has 0 unspecified atom stereocenters. The number of ether oxygens (including phenoxy) is 3. The van der Waals surface area contributed by atoms with E-state index in [1.807, 2.05) is 12.1 Å². The van der Waals surface area contributed by atoms with Crippen LogP contribution in [0.5, 0.6) is 11.5 Å². The fourth-order valence-electron chi connectivity index (χ4n) is 3.57. The molecule has 1 saturated heterocycles. The number of benzene rings is 2. The van der Waals surface area contributed by atoms with Crippen molar-refractivity contribution in [2.75, 3.05) is 51.5 Å². The Morgan fingerprint density at radius 2 is 1.63 bits per heavy atom. The molecule has 0 radical (unpaired) electrons. The molecule has 0 atom stereocenters. The minimum absolute atomic E-state index is 0.548. The molecule has 0 bridgehead atoms. The van der Waals surface area contributed by atoms with Crippen LogP contribution in [0, 0.1) is 0 Å². The summed E-state index contributed by atoms with van der Waals surface area (Å²) >= 11 is 6.35. The van der Waals surface area contributed by atoms with Crippen LogP contribution in [0.4, 0.5) is 5.69 Å². The smallest absolute Gasteiger partial charge is 0.179 e. The number of hydrogen-bond donors (Lipinski definition) is 0. The van der Waals surface area contributed by atoms with E-state index in [0.717, 1.165) is 50.7 Å². The van der Waals surface area contributed by atoms with Gasteiger partial charge in [-0.25, -0.2) is 0 Å². The molecule has 0 amide bonds. The van der Waals surface area contributed by atoms with E-state index in [-0.39, 0.29) is 0 Å². The van der Waals surface area contributed by atoms with E-state index < -0.39 is 0 Å². The van der Waals surface area contributed by atoms with Crippen LogP contribution in [0.15, 0.2) is 36.4 Å². The van der Waals surface area contributed by atoms with Gasteiger partial charge in [0.15, 0.2) is 11.5 Å². The van der Waals surface area contributed by atoms with Gasteiger partial charge >= 0.3 is 0 Å². The van der Waals surface area contributed by atoms with Crippen molar-refractivity contribution in [2.24, 2.45) is 0 Å². The first-order valence-corrected chi connectivity index (χ1v) is 9.75. The Balaban J connectivity index is 1.38. The largest absolute Gasteiger partial charge is 0.486 e. The van der Waals surface area contributed by atoms with Crippen LogP contribution in [-0.2, 0) is 17.8 Å². The van der Waals surface area contributed by atoms with Gasteiger partial charge in [0.25, 0.3) is 0 Å². The van der Waals surface area contributed by atoms with Gasteiger partial charge in [-0.15, -0.1) is 0 Å². The van der Waals surface area contributed by atoms with Gasteiger partial charge in [0.1, 0.15) is 13.2 Å². The Bertz CT molecular complexity index is 776. The van der Waals surface area contributed by atoms with Crippen molar-refractivity contribution in [1.82, 2.24) is 4.90 Å². The topological polar surface area (TPSA) is 34.2 Å². The predicted molar refractivity (Wildman–Crippen MR) is 107 cm³/mol. The molecular weight excluding hydrogens is 364 g/mol. The summed E-state index contributed by atoms with van der Waals surface area (Å²) in [4.78, 5) is 4.64. The first-order chi connectivity index (χ1) is 13.2. The first kappa shape index (κ1) is 18.4. The maximum Gasteiger partial charge on any atom is 0.179 e. The molecule has 0 saturated carbocycles. The van der Waals surface area contributed by atoms with Gasteiger partial charge in [0, 0.05) is 31.9 Å². The standard InChI is InChI=1S/C21H25ClN2O3/c1-23(15-17-12-19(22)21-20(13-17)26-10-11-27-21)14-16-2-4-18(5-3-16)24-6-8-25-9-7-24/h2-5,12-13H,6-11,14-15H2,1H3. The van der Waals surface area contributed by atoms with E-state index in [1.165, 1.54) is 11.3 Å². The summed E-state index contributed by atoms with van der Waals surface area (Å²) in [6.07, 6.45) is 0. The van der Waals surface area contributed by atoms with Crippen LogP contribution in [0.25, 0.3) is 0 Å². The number of rotatable bonds is 5. The van der Waals surface area contributed by atoms with Gasteiger partial charge in [0.2, 0.25) is 0 Å². The Morgan fingerprint density at radius 1 is 0.926 bits per heavy atom. The Labute approximate surface area is 165 Å². The monoisotopic (exact) mass is 388 g/mol. The van der Waals surface area contributed by atoms with Crippen molar-refractivity contribution in [3.8, 4) is 11.5 Å². The van der Waals surface area contributed by atoms with Crippen molar-refractivity contribution >= 4 is 17.3 Å². The third-order valence-corrected chi connectivity index (χ3v) is 5.15. The fraction of sp³-hybridized carbons (Fsp3) is 0.429. The average Bonchev–Trinajstić information content (AvgIpc) is 2.69. The predicted octanol–water partition coefficient (Wildman–Crippen LogP) is 3.58. The van der Waals surface area contributed by atoms with Crippen molar-refractivity contribution in [3.63, 3.8) is 0 Å². The lowest BCUT2D eigenvalue weighted by molar-refractivity contribution is 0.122. The highest BCUT2D eigenvalue weighted by molar-refractivity contribution is 6.32. The van der Waals surface area contributed by atoms with Crippen molar-refractivity contribution < 1.29 is 14.2 Å². The Morgan fingerprint density at radius 3 is 2.41 bits per heavy atom. The summed E-state index contributed by atoms with van der Waals surface area (Å²) in [5.74, 6) is 1.40. The molecule has 2 aliphatic heterocycles. The van der Waals surface area contributed by atoms with Crippen molar-refractivity contribution in [1.29, 1.82) is 0 Å². The Hall–Kier alpha value is -1.95. The molecule has 5 nitrogen and oxygen atoms in total. The quantitative estimate of drug-likeness (QED) is 0.782. The highest BCUT2D eigenvalue weighted by atomic mass is 35.5. The van der Waals surface area contributed by atoms with Crippen LogP contribution < -0.4 is 14.4 Å². The summed E-state index contributed by atoms with van der Waals surface area (Å²) in [6.45, 7) is 6.32. The lowest BCUT2D eigenvalue weighted by Crippen LogP contribution is -2.36. The van der Waals surface area contributed by atoms with Crippen LogP contribution in [-0.4, -0.2) is 51.5 Å². The molecule has 2 aliphatic rings. The van der Waals surface area contributed by atoms with Gasteiger partial charge in [-0.2, -0.15) is 0 Å².